The summed E-state index contributed by atoms with van der Waals surface area (Å²) in [6, 6.07) is 63.3. The number of fused-ring (bicyclic) bond motifs is 10. The van der Waals surface area contributed by atoms with Gasteiger partial charge in [-0.1, -0.05) is 158 Å². The standard InChI is InChI=1S/C48H28S/c1-3-15-31-29(13-1)30-14-2-4-16-32(30)39-27-28-40(38-23-11-22-33(31)45(38)39)46-34-17-5-7-19-36(34)47(37-20-8-6-18-35(37)46)42-24-12-26-44-48(42)41-21-9-10-25-43(41)49-44/h1-28H. The fourth-order valence-corrected chi connectivity index (χ4v) is 9.80. The highest BCUT2D eigenvalue weighted by Gasteiger charge is 2.25. The van der Waals surface area contributed by atoms with Gasteiger partial charge < -0.3 is 0 Å². The first-order chi connectivity index (χ1) is 24.3. The van der Waals surface area contributed by atoms with Crippen molar-refractivity contribution in [2.24, 2.45) is 0 Å². The molecule has 49 heavy (non-hydrogen) atoms. The van der Waals surface area contributed by atoms with Crippen LogP contribution in [-0.2, 0) is 0 Å². The Morgan fingerprint density at radius 2 is 0.612 bits per heavy atom. The molecule has 0 nitrogen and oxygen atoms in total. The van der Waals surface area contributed by atoms with Crippen LogP contribution >= 0.6 is 11.3 Å². The molecule has 1 heterocycles. The second kappa shape index (κ2) is 10.2. The maximum atomic E-state index is 2.38. The molecule has 1 heteroatoms. The molecule has 0 aliphatic heterocycles. The Labute approximate surface area is 288 Å². The highest BCUT2D eigenvalue weighted by Crippen LogP contribution is 2.52. The van der Waals surface area contributed by atoms with Crippen molar-refractivity contribution in [3.05, 3.63) is 170 Å². The van der Waals surface area contributed by atoms with Crippen LogP contribution in [0.5, 0.6) is 0 Å². The normalized spacial score (nSPS) is 12.1. The van der Waals surface area contributed by atoms with Crippen molar-refractivity contribution in [3.8, 4) is 55.6 Å². The first-order valence-electron chi connectivity index (χ1n) is 16.9. The lowest BCUT2D eigenvalue weighted by atomic mass is 9.82. The lowest BCUT2D eigenvalue weighted by Gasteiger charge is -2.20. The third-order valence-corrected chi connectivity index (χ3v) is 11.8. The van der Waals surface area contributed by atoms with Crippen LogP contribution in [0, 0.1) is 0 Å². The molecule has 10 aromatic rings. The van der Waals surface area contributed by atoms with E-state index in [1.807, 2.05) is 11.3 Å². The summed E-state index contributed by atoms with van der Waals surface area (Å²) < 4.78 is 2.66. The van der Waals surface area contributed by atoms with Gasteiger partial charge in [-0.2, -0.15) is 0 Å². The minimum absolute atomic E-state index is 1.27. The van der Waals surface area contributed by atoms with Crippen molar-refractivity contribution < 1.29 is 0 Å². The van der Waals surface area contributed by atoms with Gasteiger partial charge in [0.25, 0.3) is 0 Å². The Balaban J connectivity index is 1.29. The molecule has 0 amide bonds. The van der Waals surface area contributed by atoms with E-state index in [1.165, 1.54) is 108 Å². The summed E-state index contributed by atoms with van der Waals surface area (Å²) in [5, 5.41) is 10.4. The molecule has 0 radical (unpaired) electrons. The van der Waals surface area contributed by atoms with E-state index in [0.717, 1.165) is 0 Å². The molecule has 0 N–H and O–H groups in total. The van der Waals surface area contributed by atoms with E-state index in [1.54, 1.807) is 0 Å². The number of rotatable bonds is 2. The molecule has 0 bridgehead atoms. The molecule has 0 spiro atoms. The van der Waals surface area contributed by atoms with Gasteiger partial charge in [0, 0.05) is 20.2 Å². The van der Waals surface area contributed by atoms with E-state index in [2.05, 4.69) is 170 Å². The van der Waals surface area contributed by atoms with Crippen LogP contribution in [0.15, 0.2) is 170 Å². The van der Waals surface area contributed by atoms with Crippen molar-refractivity contribution in [1.29, 1.82) is 0 Å². The van der Waals surface area contributed by atoms with Crippen LogP contribution in [0.3, 0.4) is 0 Å². The third kappa shape index (κ3) is 3.74. The monoisotopic (exact) mass is 636 g/mol. The molecule has 1 aromatic heterocycles. The largest absolute Gasteiger partial charge is 0.135 e. The van der Waals surface area contributed by atoms with Gasteiger partial charge in [0.05, 0.1) is 0 Å². The maximum absolute atomic E-state index is 2.38. The molecule has 0 atom stereocenters. The van der Waals surface area contributed by atoms with Gasteiger partial charge in [0.15, 0.2) is 0 Å². The Hall–Kier alpha value is -6.02. The van der Waals surface area contributed by atoms with Crippen molar-refractivity contribution >= 4 is 63.8 Å². The average molecular weight is 637 g/mol. The van der Waals surface area contributed by atoms with E-state index < -0.39 is 0 Å². The van der Waals surface area contributed by atoms with Crippen molar-refractivity contribution in [2.75, 3.05) is 0 Å². The topological polar surface area (TPSA) is 0 Å². The molecule has 0 unspecified atom stereocenters. The zero-order valence-electron chi connectivity index (χ0n) is 26.6. The van der Waals surface area contributed by atoms with Gasteiger partial charge in [-0.3, -0.25) is 0 Å². The van der Waals surface area contributed by atoms with Crippen LogP contribution in [0.1, 0.15) is 0 Å². The van der Waals surface area contributed by atoms with Gasteiger partial charge in [0.2, 0.25) is 0 Å². The SMILES string of the molecule is c1ccc2c(c1)-c1ccccc1-c1ccc(-c3c4ccccc4c(-c4cccc5sc6ccccc6c45)c4ccccc34)c3cccc-2c13. The molecular formula is C48H28S. The summed E-state index contributed by atoms with van der Waals surface area (Å²) in [7, 11) is 0. The van der Waals surface area contributed by atoms with Crippen molar-refractivity contribution in [1.82, 2.24) is 0 Å². The van der Waals surface area contributed by atoms with Crippen LogP contribution in [-0.4, -0.2) is 0 Å². The fourth-order valence-electron chi connectivity index (χ4n) is 8.67. The summed E-state index contributed by atoms with van der Waals surface area (Å²) in [6.07, 6.45) is 0. The first-order valence-corrected chi connectivity index (χ1v) is 17.8. The van der Waals surface area contributed by atoms with Crippen LogP contribution < -0.4 is 0 Å². The summed E-state index contributed by atoms with van der Waals surface area (Å²) >= 11 is 1.89. The van der Waals surface area contributed by atoms with Crippen LogP contribution in [0.4, 0.5) is 0 Å². The summed E-state index contributed by atoms with van der Waals surface area (Å²) in [5.41, 5.74) is 12.9. The van der Waals surface area contributed by atoms with E-state index in [0.29, 0.717) is 0 Å². The van der Waals surface area contributed by atoms with E-state index in [9.17, 15) is 0 Å². The third-order valence-electron chi connectivity index (χ3n) is 10.6. The number of benzene rings is 9. The summed E-state index contributed by atoms with van der Waals surface area (Å²) in [5.74, 6) is 0. The summed E-state index contributed by atoms with van der Waals surface area (Å²) in [6.45, 7) is 0. The first kappa shape index (κ1) is 27.0. The molecular weight excluding hydrogens is 609 g/mol. The van der Waals surface area contributed by atoms with E-state index in [4.69, 9.17) is 0 Å². The zero-order chi connectivity index (χ0) is 32.1. The second-order valence-electron chi connectivity index (χ2n) is 13.1. The molecule has 9 aromatic carbocycles. The van der Waals surface area contributed by atoms with Crippen molar-refractivity contribution in [3.63, 3.8) is 0 Å². The van der Waals surface area contributed by atoms with Gasteiger partial charge in [-0.25, -0.2) is 0 Å². The molecule has 11 rings (SSSR count). The summed E-state index contributed by atoms with van der Waals surface area (Å²) in [4.78, 5) is 0. The predicted molar refractivity (Wildman–Crippen MR) is 213 cm³/mol. The highest BCUT2D eigenvalue weighted by molar-refractivity contribution is 7.25. The number of hydrogen-bond acceptors (Lipinski definition) is 1. The van der Waals surface area contributed by atoms with E-state index >= 15 is 0 Å². The lowest BCUT2D eigenvalue weighted by molar-refractivity contribution is 1.62. The molecule has 0 saturated heterocycles. The highest BCUT2D eigenvalue weighted by atomic mass is 32.1. The molecule has 226 valence electrons. The smallest absolute Gasteiger partial charge is 0.0361 e. The molecule has 0 fully saturated rings. The number of thiophene rings is 1. The fraction of sp³-hybridized carbons (Fsp3) is 0. The molecule has 1 aliphatic carbocycles. The predicted octanol–water partition coefficient (Wildman–Crippen LogP) is 14.2. The quantitative estimate of drug-likeness (QED) is 0.166. The Kier molecular flexibility index (Phi) is 5.64. The maximum Gasteiger partial charge on any atom is 0.0361 e. The second-order valence-corrected chi connectivity index (χ2v) is 14.2. The van der Waals surface area contributed by atoms with Gasteiger partial charge in [0.1, 0.15) is 0 Å². The number of hydrogen-bond donors (Lipinski definition) is 0. The van der Waals surface area contributed by atoms with Crippen LogP contribution in [0.2, 0.25) is 0 Å². The van der Waals surface area contributed by atoms with Gasteiger partial charge >= 0.3 is 0 Å². The Bertz CT molecular complexity index is 2890. The molecule has 1 aliphatic rings. The molecule has 0 saturated carbocycles. The van der Waals surface area contributed by atoms with E-state index in [-0.39, 0.29) is 0 Å². The Morgan fingerprint density at radius 3 is 1.24 bits per heavy atom. The Morgan fingerprint density at radius 1 is 0.224 bits per heavy atom. The minimum Gasteiger partial charge on any atom is -0.135 e. The van der Waals surface area contributed by atoms with Gasteiger partial charge in [-0.05, 0) is 100 Å². The minimum atomic E-state index is 1.27. The van der Waals surface area contributed by atoms with Crippen LogP contribution in [0.25, 0.3) is 108 Å². The average Bonchev–Trinajstić information content (AvgIpc) is 3.50. The lowest BCUT2D eigenvalue weighted by Crippen LogP contribution is -1.93. The van der Waals surface area contributed by atoms with Gasteiger partial charge in [-0.15, -0.1) is 11.3 Å². The van der Waals surface area contributed by atoms with Crippen molar-refractivity contribution in [2.45, 2.75) is 0 Å². The zero-order valence-corrected chi connectivity index (χ0v) is 27.4.